The van der Waals surface area contributed by atoms with Crippen molar-refractivity contribution in [2.75, 3.05) is 0 Å². The predicted octanol–water partition coefficient (Wildman–Crippen LogP) is 8.07. The van der Waals surface area contributed by atoms with E-state index in [0.29, 0.717) is 0 Å². The first-order valence-corrected chi connectivity index (χ1v) is 20.9. The maximum atomic E-state index is 2.28. The Hall–Kier alpha value is -4.97. The third-order valence-corrected chi connectivity index (χ3v) is 11.9. The van der Waals surface area contributed by atoms with Crippen molar-refractivity contribution in [3.05, 3.63) is 235 Å². The third-order valence-electron chi connectivity index (χ3n) is 11.9. The van der Waals surface area contributed by atoms with Gasteiger partial charge in [-0.15, -0.1) is 104 Å². The van der Waals surface area contributed by atoms with Crippen LogP contribution in [0, 0.1) is 20.8 Å². The van der Waals surface area contributed by atoms with Crippen LogP contribution in [-0.4, -0.2) is 0 Å². The average Bonchev–Trinajstić information content (AvgIpc) is 4.00. The van der Waals surface area contributed by atoms with Gasteiger partial charge in [0.2, 0.25) is 0 Å². The Morgan fingerprint density at radius 1 is 0.242 bits per heavy atom. The zero-order chi connectivity index (χ0) is 40.6. The smallest absolute Gasteiger partial charge is 1.00 e. The zero-order valence-corrected chi connectivity index (χ0v) is 44.3. The molecule has 318 valence electrons. The second-order valence-electron chi connectivity index (χ2n) is 16.1. The summed E-state index contributed by atoms with van der Waals surface area (Å²) >= 11 is 0. The number of fused-ring (bicyclic) bond motifs is 6. The number of hydrogen-bond acceptors (Lipinski definition) is 0. The minimum absolute atomic E-state index is 0. The summed E-state index contributed by atoms with van der Waals surface area (Å²) in [4.78, 5) is 0. The van der Waals surface area contributed by atoms with E-state index < -0.39 is 0 Å². The van der Waals surface area contributed by atoms with Crippen LogP contribution in [0.3, 0.4) is 0 Å². The van der Waals surface area contributed by atoms with Crippen LogP contribution in [0.25, 0.3) is 98.0 Å². The van der Waals surface area contributed by atoms with Crippen molar-refractivity contribution in [3.8, 4) is 33.4 Å². The van der Waals surface area contributed by atoms with Crippen molar-refractivity contribution < 1.29 is 92.7 Å². The molecule has 0 atom stereocenters. The maximum absolute atomic E-state index is 2.28. The Morgan fingerprint density at radius 2 is 0.455 bits per heavy atom. The molecule has 0 aliphatic heterocycles. The number of halogens is 3. The van der Waals surface area contributed by atoms with E-state index in [-0.39, 0.29) is 92.7 Å². The minimum atomic E-state index is 0. The van der Waals surface area contributed by atoms with E-state index in [1.807, 2.05) is 0 Å². The average molecular weight is 1100 g/mol. The van der Waals surface area contributed by atoms with Crippen LogP contribution < -0.4 is 14.1 Å². The number of hydrogen-bond donors (Lipinski definition) is 0. The molecule has 0 spiro atoms. The summed E-state index contributed by atoms with van der Waals surface area (Å²) in [5, 5.41) is 15.9. The molecule has 0 amide bonds. The molecule has 12 aromatic carbocycles. The molecular weight excluding hydrogens is 1050 g/mol. The minimum Gasteiger partial charge on any atom is -1.00 e. The van der Waals surface area contributed by atoms with Gasteiger partial charge in [0.05, 0.1) is 0 Å². The molecule has 0 saturated carbocycles. The summed E-state index contributed by atoms with van der Waals surface area (Å²) < 4.78 is 0. The quantitative estimate of drug-likeness (QED) is 0.157. The van der Waals surface area contributed by atoms with Gasteiger partial charge >= 0.3 is 78.6 Å². The van der Waals surface area contributed by atoms with Crippen molar-refractivity contribution in [2.45, 2.75) is 20.8 Å². The fraction of sp³-hybridized carbons (Fsp3) is 0.0500. The second-order valence-corrected chi connectivity index (χ2v) is 16.1. The standard InChI is InChI=1S/3C20H15.3FH.3Zr/c3*1-14-12-16-8-5-11-19(20(16)13-14)18-10-4-7-15-6-2-3-9-17(15)18;;;;;;/h3*2-13H,1H3;3*1H;;;/q3*-1;;;;3*+2/p-3. The van der Waals surface area contributed by atoms with Gasteiger partial charge in [-0.05, 0) is 49.0 Å². The first-order chi connectivity index (χ1) is 29.5. The van der Waals surface area contributed by atoms with Gasteiger partial charge in [-0.25, -0.2) is 0 Å². The second kappa shape index (κ2) is 23.7. The first kappa shape index (κ1) is 53.6. The van der Waals surface area contributed by atoms with Crippen molar-refractivity contribution >= 4 is 64.6 Å². The summed E-state index contributed by atoms with van der Waals surface area (Å²) in [5.41, 5.74) is 11.9. The molecule has 0 heterocycles. The number of benzene rings is 9. The topological polar surface area (TPSA) is 0 Å². The predicted molar refractivity (Wildman–Crippen MR) is 262 cm³/mol. The van der Waals surface area contributed by atoms with Crippen molar-refractivity contribution in [3.63, 3.8) is 0 Å². The molecule has 0 aliphatic rings. The molecule has 0 radical (unpaired) electrons. The van der Waals surface area contributed by atoms with E-state index in [1.54, 1.807) is 0 Å². The zero-order valence-electron chi connectivity index (χ0n) is 36.9. The van der Waals surface area contributed by atoms with Gasteiger partial charge in [-0.3, -0.25) is 0 Å². The Morgan fingerprint density at radius 3 is 0.727 bits per heavy atom. The van der Waals surface area contributed by atoms with E-state index in [4.69, 9.17) is 0 Å². The van der Waals surface area contributed by atoms with Gasteiger partial charge in [0.25, 0.3) is 0 Å². The SMILES string of the molecule is Cc1cc2c(-c3cccc4ccccc34)cccc2[cH-]1.Cc1cc2c(-c3cccc4ccccc34)cccc2[cH-]1.Cc1cc2c(-c3cccc4ccccc34)cccc2[cH-]1.[F-].[F-].[F-].[Zr+2].[Zr+2].[Zr+2]. The van der Waals surface area contributed by atoms with Crippen LogP contribution in [0.2, 0.25) is 0 Å². The fourth-order valence-electron chi connectivity index (χ4n) is 9.24. The van der Waals surface area contributed by atoms with Gasteiger partial charge in [0.1, 0.15) is 0 Å². The fourth-order valence-corrected chi connectivity index (χ4v) is 9.24. The van der Waals surface area contributed by atoms with Gasteiger partial charge in [-0.1, -0.05) is 183 Å². The van der Waals surface area contributed by atoms with Gasteiger partial charge < -0.3 is 14.1 Å². The molecule has 0 nitrogen and oxygen atoms in total. The molecule has 0 bridgehead atoms. The number of rotatable bonds is 3. The van der Waals surface area contributed by atoms with Crippen molar-refractivity contribution in [1.82, 2.24) is 0 Å². The molecule has 0 unspecified atom stereocenters. The molecule has 12 rings (SSSR count). The monoisotopic (exact) mass is 1090 g/mol. The van der Waals surface area contributed by atoms with Crippen molar-refractivity contribution in [2.24, 2.45) is 0 Å². The molecule has 12 aromatic rings. The first-order valence-electron chi connectivity index (χ1n) is 20.9. The maximum Gasteiger partial charge on any atom is 2.00 e. The van der Waals surface area contributed by atoms with Gasteiger partial charge in [-0.2, -0.15) is 18.2 Å². The molecular formula is C60H45F3Zr3. The molecule has 66 heavy (non-hydrogen) atoms. The molecule has 6 heteroatoms. The molecule has 0 aromatic heterocycles. The van der Waals surface area contributed by atoms with E-state index in [0.717, 1.165) is 0 Å². The Labute approximate surface area is 442 Å². The van der Waals surface area contributed by atoms with Crippen LogP contribution >= 0.6 is 0 Å². The van der Waals surface area contributed by atoms with E-state index in [1.165, 1.54) is 115 Å². The summed E-state index contributed by atoms with van der Waals surface area (Å²) in [6.45, 7) is 6.48. The van der Waals surface area contributed by atoms with Gasteiger partial charge in [0.15, 0.2) is 0 Å². The largest absolute Gasteiger partial charge is 2.00 e. The van der Waals surface area contributed by atoms with Crippen molar-refractivity contribution in [1.29, 1.82) is 0 Å². The number of aryl methyl sites for hydroxylation is 3. The van der Waals surface area contributed by atoms with E-state index in [9.17, 15) is 0 Å². The van der Waals surface area contributed by atoms with E-state index in [2.05, 4.69) is 239 Å². The summed E-state index contributed by atoms with van der Waals surface area (Å²) in [5.74, 6) is 0. The normalized spacial score (nSPS) is 10.2. The molecule has 0 aliphatic carbocycles. The Balaban J connectivity index is 0.000000207. The van der Waals surface area contributed by atoms with Crippen LogP contribution in [0.4, 0.5) is 0 Å². The summed E-state index contributed by atoms with van der Waals surface area (Å²) in [6.07, 6.45) is 0. The Kier molecular flexibility index (Phi) is 19.2. The van der Waals surface area contributed by atoms with Crippen LogP contribution in [-0.2, 0) is 78.6 Å². The molecule has 0 fully saturated rings. The van der Waals surface area contributed by atoms with Crippen LogP contribution in [0.15, 0.2) is 218 Å². The Bertz CT molecular complexity index is 3120. The summed E-state index contributed by atoms with van der Waals surface area (Å²) in [6, 6.07) is 78.7. The van der Waals surface area contributed by atoms with Crippen LogP contribution in [0.5, 0.6) is 0 Å². The molecule has 0 N–H and O–H groups in total. The summed E-state index contributed by atoms with van der Waals surface area (Å²) in [7, 11) is 0. The van der Waals surface area contributed by atoms with Crippen LogP contribution in [0.1, 0.15) is 16.7 Å². The van der Waals surface area contributed by atoms with Gasteiger partial charge in [0, 0.05) is 0 Å². The van der Waals surface area contributed by atoms with E-state index >= 15 is 0 Å². The third kappa shape index (κ3) is 10.7. The molecule has 0 saturated heterocycles.